The summed E-state index contributed by atoms with van der Waals surface area (Å²) in [5.74, 6) is 6.89. The zero-order chi connectivity index (χ0) is 24.2. The molecule has 3 aromatic carbocycles. The van der Waals surface area contributed by atoms with Crippen molar-refractivity contribution in [3.63, 3.8) is 0 Å². The number of fused-ring (bicyclic) bond motifs is 2. The second-order valence-corrected chi connectivity index (χ2v) is 10.3. The summed E-state index contributed by atoms with van der Waals surface area (Å²) in [6.45, 7) is 12.6. The van der Waals surface area contributed by atoms with E-state index in [0.29, 0.717) is 0 Å². The molecule has 0 amide bonds. The number of rotatable bonds is 1. The number of benzene rings is 3. The molecular formula is C31H32N2O. The minimum absolute atomic E-state index is 0.0585. The topological polar surface area (TPSA) is 48.0 Å². The molecule has 0 radical (unpaired) electrons. The van der Waals surface area contributed by atoms with E-state index in [1.54, 1.807) is 0 Å². The van der Waals surface area contributed by atoms with Gasteiger partial charge in [-0.3, -0.25) is 0 Å². The van der Waals surface area contributed by atoms with Crippen LogP contribution in [0, 0.1) is 32.6 Å². The van der Waals surface area contributed by atoms with Crippen molar-refractivity contribution in [1.29, 1.82) is 0 Å². The number of aliphatic hydroxyl groups excluding tert-OH is 1. The molecule has 172 valence electrons. The van der Waals surface area contributed by atoms with Crippen LogP contribution in [-0.2, 0) is 0 Å². The number of aromatic nitrogens is 1. The number of nitrogens with one attached hydrogen (secondary N) is 2. The molecule has 3 heteroatoms. The van der Waals surface area contributed by atoms with Crippen LogP contribution < -0.4 is 5.32 Å². The first kappa shape index (κ1) is 22.3. The van der Waals surface area contributed by atoms with Gasteiger partial charge in [0.25, 0.3) is 0 Å². The summed E-state index contributed by atoms with van der Waals surface area (Å²) < 4.78 is 0. The number of H-pyrrole nitrogens is 1. The van der Waals surface area contributed by atoms with E-state index in [9.17, 15) is 5.11 Å². The molecule has 1 unspecified atom stereocenters. The van der Waals surface area contributed by atoms with Crippen molar-refractivity contribution < 1.29 is 5.11 Å². The van der Waals surface area contributed by atoms with Crippen LogP contribution in [0.25, 0.3) is 22.0 Å². The summed E-state index contributed by atoms with van der Waals surface area (Å²) in [6.07, 6.45) is 1.53. The fourth-order valence-corrected chi connectivity index (χ4v) is 5.28. The number of aryl methyl sites for hydroxylation is 3. The number of aliphatic hydroxyl groups is 1. The number of hydrogen-bond acceptors (Lipinski definition) is 2. The van der Waals surface area contributed by atoms with Crippen LogP contribution in [0.15, 0.2) is 54.7 Å². The Morgan fingerprint density at radius 1 is 0.912 bits per heavy atom. The summed E-state index contributed by atoms with van der Waals surface area (Å²) in [5, 5.41) is 16.0. The van der Waals surface area contributed by atoms with Gasteiger partial charge in [-0.2, -0.15) is 0 Å². The molecular weight excluding hydrogens is 416 g/mol. The molecule has 2 heterocycles. The minimum Gasteiger partial charge on any atom is -0.390 e. The van der Waals surface area contributed by atoms with Crippen molar-refractivity contribution in [1.82, 2.24) is 4.98 Å². The Bertz CT molecular complexity index is 1460. The molecule has 2 atom stereocenters. The molecule has 34 heavy (non-hydrogen) atoms. The SMILES string of the molecule is Cc1ccc(C#Cc2c(-c3cccc4c(C)c[nH]c34)cc(C)c3c2[C@H](C)C(O)C(C)(C)N3)cc1. The molecule has 1 aromatic heterocycles. The molecule has 1 aliphatic heterocycles. The maximum atomic E-state index is 11.2. The predicted octanol–water partition coefficient (Wildman–Crippen LogP) is 6.83. The summed E-state index contributed by atoms with van der Waals surface area (Å²) in [4.78, 5) is 3.48. The second kappa shape index (κ2) is 8.08. The molecule has 0 fully saturated rings. The van der Waals surface area contributed by atoms with E-state index < -0.39 is 11.6 Å². The third-order valence-electron chi connectivity index (χ3n) is 7.27. The van der Waals surface area contributed by atoms with Crippen LogP contribution in [0.1, 0.15) is 60.1 Å². The van der Waals surface area contributed by atoms with Crippen molar-refractivity contribution in [2.45, 2.75) is 59.1 Å². The van der Waals surface area contributed by atoms with E-state index in [2.05, 4.69) is 118 Å². The summed E-state index contributed by atoms with van der Waals surface area (Å²) in [6, 6.07) is 17.0. The lowest BCUT2D eigenvalue weighted by Gasteiger charge is -2.43. The molecule has 4 aromatic rings. The number of hydrogen-bond donors (Lipinski definition) is 3. The molecule has 0 bridgehead atoms. The lowest BCUT2D eigenvalue weighted by molar-refractivity contribution is 0.0868. The fourth-order valence-electron chi connectivity index (χ4n) is 5.28. The maximum absolute atomic E-state index is 11.2. The van der Waals surface area contributed by atoms with Crippen LogP contribution in [0.4, 0.5) is 5.69 Å². The van der Waals surface area contributed by atoms with Gasteiger partial charge in [0, 0.05) is 45.4 Å². The molecule has 0 spiro atoms. The van der Waals surface area contributed by atoms with Crippen LogP contribution >= 0.6 is 0 Å². The third-order valence-corrected chi connectivity index (χ3v) is 7.27. The normalized spacial score (nSPS) is 18.7. The molecule has 0 saturated heterocycles. The van der Waals surface area contributed by atoms with Gasteiger partial charge in [-0.25, -0.2) is 0 Å². The average Bonchev–Trinajstić information content (AvgIpc) is 3.19. The van der Waals surface area contributed by atoms with E-state index in [4.69, 9.17) is 0 Å². The van der Waals surface area contributed by atoms with Gasteiger partial charge in [0.05, 0.1) is 17.2 Å². The average molecular weight is 449 g/mol. The minimum atomic E-state index is -0.530. The van der Waals surface area contributed by atoms with Gasteiger partial charge in [-0.05, 0) is 69.5 Å². The van der Waals surface area contributed by atoms with Gasteiger partial charge < -0.3 is 15.4 Å². The lowest BCUT2D eigenvalue weighted by atomic mass is 9.75. The Labute approximate surface area is 202 Å². The van der Waals surface area contributed by atoms with Crippen molar-refractivity contribution in [2.24, 2.45) is 0 Å². The van der Waals surface area contributed by atoms with Crippen LogP contribution in [0.2, 0.25) is 0 Å². The van der Waals surface area contributed by atoms with Crippen LogP contribution in [0.3, 0.4) is 0 Å². The molecule has 0 aliphatic carbocycles. The Kier molecular flexibility index (Phi) is 5.30. The largest absolute Gasteiger partial charge is 0.390 e. The Morgan fingerprint density at radius 3 is 2.38 bits per heavy atom. The van der Waals surface area contributed by atoms with Gasteiger partial charge in [0.2, 0.25) is 0 Å². The summed E-state index contributed by atoms with van der Waals surface area (Å²) in [7, 11) is 0. The molecule has 1 aliphatic rings. The number of para-hydroxylation sites is 1. The summed E-state index contributed by atoms with van der Waals surface area (Å²) >= 11 is 0. The Morgan fingerprint density at radius 2 is 1.65 bits per heavy atom. The van der Waals surface area contributed by atoms with E-state index in [0.717, 1.165) is 44.6 Å². The van der Waals surface area contributed by atoms with Crippen LogP contribution in [-0.4, -0.2) is 21.7 Å². The fraction of sp³-hybridized carbons (Fsp3) is 0.290. The van der Waals surface area contributed by atoms with E-state index in [-0.39, 0.29) is 5.92 Å². The smallest absolute Gasteiger partial charge is 0.0831 e. The molecule has 3 nitrogen and oxygen atoms in total. The molecule has 0 saturated carbocycles. The van der Waals surface area contributed by atoms with Crippen molar-refractivity contribution in [3.8, 4) is 23.0 Å². The van der Waals surface area contributed by atoms with Gasteiger partial charge in [0.1, 0.15) is 0 Å². The van der Waals surface area contributed by atoms with Crippen molar-refractivity contribution in [2.75, 3.05) is 5.32 Å². The third kappa shape index (κ3) is 3.59. The van der Waals surface area contributed by atoms with Crippen LogP contribution in [0.5, 0.6) is 0 Å². The van der Waals surface area contributed by atoms with E-state index >= 15 is 0 Å². The highest BCUT2D eigenvalue weighted by molar-refractivity contribution is 5.98. The second-order valence-electron chi connectivity index (χ2n) is 10.3. The zero-order valence-electron chi connectivity index (χ0n) is 20.8. The quantitative estimate of drug-likeness (QED) is 0.280. The van der Waals surface area contributed by atoms with Crippen molar-refractivity contribution >= 4 is 16.6 Å². The lowest BCUT2D eigenvalue weighted by Crippen LogP contribution is -2.50. The highest BCUT2D eigenvalue weighted by Gasteiger charge is 2.40. The Balaban J connectivity index is 1.82. The van der Waals surface area contributed by atoms with Crippen molar-refractivity contribution in [3.05, 3.63) is 88.1 Å². The van der Waals surface area contributed by atoms with Gasteiger partial charge >= 0.3 is 0 Å². The number of aromatic amines is 1. The monoisotopic (exact) mass is 448 g/mol. The highest BCUT2D eigenvalue weighted by atomic mass is 16.3. The molecule has 3 N–H and O–H groups in total. The van der Waals surface area contributed by atoms with Gasteiger partial charge in [-0.1, -0.05) is 54.7 Å². The van der Waals surface area contributed by atoms with Gasteiger partial charge in [-0.15, -0.1) is 0 Å². The Hall–Kier alpha value is -3.48. The standard InChI is InChI=1S/C31H32N2O/c1-18-10-12-22(13-11-18)14-15-24-26(25-9-7-8-23-20(3)17-32-29(23)25)16-19(2)28-27(24)21(4)30(34)31(5,6)33-28/h7-13,16-17,21,30,32-34H,1-6H3/t21-,30?/m0/s1. The maximum Gasteiger partial charge on any atom is 0.0831 e. The first-order valence-electron chi connectivity index (χ1n) is 12.0. The highest BCUT2D eigenvalue weighted by Crippen LogP contribution is 2.46. The van der Waals surface area contributed by atoms with E-state index in [1.165, 1.54) is 16.5 Å². The molecule has 5 rings (SSSR count). The zero-order valence-corrected chi connectivity index (χ0v) is 20.8. The predicted molar refractivity (Wildman–Crippen MR) is 142 cm³/mol. The summed E-state index contributed by atoms with van der Waals surface area (Å²) in [5.41, 5.74) is 10.7. The number of anilines is 1. The first-order chi connectivity index (χ1) is 16.2. The van der Waals surface area contributed by atoms with Gasteiger partial charge in [0.15, 0.2) is 0 Å². The first-order valence-corrected chi connectivity index (χ1v) is 12.0. The van der Waals surface area contributed by atoms with E-state index in [1.807, 2.05) is 0 Å².